The molecule has 104 valence electrons. The first kappa shape index (κ1) is 14.8. The number of nitrogens with one attached hydrogen (secondary N) is 2. The summed E-state index contributed by atoms with van der Waals surface area (Å²) in [5, 5.41) is 14.7. The first-order chi connectivity index (χ1) is 8.59. The molecule has 0 aromatic rings. The third-order valence-corrected chi connectivity index (χ3v) is 2.87. The standard InChI is InChI=1S/C12H23N3O3/c1-15(9-2-4-11(16)17)12(18)14-8-3-7-13-10-5-6-10/h10,13H,2-9H2,1H3,(H,14,18)(H,16,17). The Morgan fingerprint density at radius 2 is 2.00 bits per heavy atom. The molecule has 18 heavy (non-hydrogen) atoms. The van der Waals surface area contributed by atoms with Gasteiger partial charge in [-0.3, -0.25) is 4.79 Å². The molecule has 0 atom stereocenters. The Morgan fingerprint density at radius 1 is 1.28 bits per heavy atom. The average molecular weight is 257 g/mol. The number of amides is 2. The van der Waals surface area contributed by atoms with E-state index in [9.17, 15) is 9.59 Å². The Hall–Kier alpha value is -1.30. The number of rotatable bonds is 9. The highest BCUT2D eigenvalue weighted by atomic mass is 16.4. The molecule has 6 heteroatoms. The van der Waals surface area contributed by atoms with Crippen LogP contribution in [0.2, 0.25) is 0 Å². The predicted molar refractivity (Wildman–Crippen MR) is 68.5 cm³/mol. The van der Waals surface area contributed by atoms with Gasteiger partial charge in [-0.15, -0.1) is 0 Å². The van der Waals surface area contributed by atoms with Crippen LogP contribution in [0.1, 0.15) is 32.1 Å². The van der Waals surface area contributed by atoms with E-state index in [1.54, 1.807) is 7.05 Å². The van der Waals surface area contributed by atoms with Crippen molar-refractivity contribution in [1.29, 1.82) is 0 Å². The van der Waals surface area contributed by atoms with Crippen molar-refractivity contribution in [2.45, 2.75) is 38.1 Å². The molecule has 6 nitrogen and oxygen atoms in total. The number of carbonyl (C=O) groups is 2. The molecule has 1 rings (SSSR count). The molecule has 0 aliphatic heterocycles. The fourth-order valence-corrected chi connectivity index (χ4v) is 1.58. The van der Waals surface area contributed by atoms with E-state index in [4.69, 9.17) is 5.11 Å². The van der Waals surface area contributed by atoms with Crippen LogP contribution in [0.3, 0.4) is 0 Å². The van der Waals surface area contributed by atoms with Gasteiger partial charge in [-0.25, -0.2) is 4.79 Å². The van der Waals surface area contributed by atoms with Crippen molar-refractivity contribution >= 4 is 12.0 Å². The predicted octanol–water partition coefficient (Wildman–Crippen LogP) is 0.635. The highest BCUT2D eigenvalue weighted by Crippen LogP contribution is 2.18. The summed E-state index contributed by atoms with van der Waals surface area (Å²) in [6, 6.07) is 0.575. The second-order valence-corrected chi connectivity index (χ2v) is 4.73. The molecule has 3 N–H and O–H groups in total. The van der Waals surface area contributed by atoms with Crippen molar-refractivity contribution in [2.75, 3.05) is 26.7 Å². The van der Waals surface area contributed by atoms with Gasteiger partial charge in [0, 0.05) is 32.6 Å². The quantitative estimate of drug-likeness (QED) is 0.529. The normalized spacial score (nSPS) is 14.3. The summed E-state index contributed by atoms with van der Waals surface area (Å²) >= 11 is 0. The monoisotopic (exact) mass is 257 g/mol. The van der Waals surface area contributed by atoms with Crippen LogP contribution in [0.5, 0.6) is 0 Å². The summed E-state index contributed by atoms with van der Waals surface area (Å²) in [4.78, 5) is 23.4. The lowest BCUT2D eigenvalue weighted by atomic mass is 10.3. The lowest BCUT2D eigenvalue weighted by molar-refractivity contribution is -0.137. The molecule has 1 aliphatic carbocycles. The molecule has 0 spiro atoms. The third-order valence-electron chi connectivity index (χ3n) is 2.87. The van der Waals surface area contributed by atoms with Gasteiger partial charge in [0.2, 0.25) is 0 Å². The van der Waals surface area contributed by atoms with E-state index < -0.39 is 5.97 Å². The first-order valence-corrected chi connectivity index (χ1v) is 6.53. The molecule has 0 aromatic heterocycles. The maximum atomic E-state index is 11.6. The molecule has 0 heterocycles. The van der Waals surface area contributed by atoms with Gasteiger partial charge in [-0.05, 0) is 32.2 Å². The lowest BCUT2D eigenvalue weighted by Gasteiger charge is -2.17. The summed E-state index contributed by atoms with van der Waals surface area (Å²) in [7, 11) is 1.68. The van der Waals surface area contributed by atoms with E-state index in [0.29, 0.717) is 25.6 Å². The number of aliphatic carboxylic acids is 1. The SMILES string of the molecule is CN(CCCC(=O)O)C(=O)NCCCNC1CC1. The van der Waals surface area contributed by atoms with E-state index in [-0.39, 0.29) is 12.5 Å². The highest BCUT2D eigenvalue weighted by Gasteiger charge is 2.19. The van der Waals surface area contributed by atoms with E-state index in [1.165, 1.54) is 17.7 Å². The number of nitrogens with zero attached hydrogens (tertiary/aromatic N) is 1. The fraction of sp³-hybridized carbons (Fsp3) is 0.833. The fourth-order valence-electron chi connectivity index (χ4n) is 1.58. The molecule has 0 unspecified atom stereocenters. The number of hydrogen-bond donors (Lipinski definition) is 3. The van der Waals surface area contributed by atoms with E-state index in [2.05, 4.69) is 10.6 Å². The Labute approximate surface area is 108 Å². The van der Waals surface area contributed by atoms with Gasteiger partial charge >= 0.3 is 12.0 Å². The average Bonchev–Trinajstić information content (AvgIpc) is 3.11. The molecule has 0 aromatic carbocycles. The largest absolute Gasteiger partial charge is 0.481 e. The van der Waals surface area contributed by atoms with Gasteiger partial charge in [0.25, 0.3) is 0 Å². The molecular formula is C12H23N3O3. The first-order valence-electron chi connectivity index (χ1n) is 6.53. The van der Waals surface area contributed by atoms with Gasteiger partial charge < -0.3 is 20.6 Å². The van der Waals surface area contributed by atoms with Crippen LogP contribution in [0, 0.1) is 0 Å². The zero-order valence-corrected chi connectivity index (χ0v) is 10.9. The molecule has 0 bridgehead atoms. The number of carbonyl (C=O) groups excluding carboxylic acids is 1. The summed E-state index contributed by atoms with van der Waals surface area (Å²) in [6.07, 6.45) is 4.06. The topological polar surface area (TPSA) is 81.7 Å². The minimum Gasteiger partial charge on any atom is -0.481 e. The van der Waals surface area contributed by atoms with Crippen LogP contribution in [-0.2, 0) is 4.79 Å². The smallest absolute Gasteiger partial charge is 0.317 e. The second-order valence-electron chi connectivity index (χ2n) is 4.73. The van der Waals surface area contributed by atoms with Gasteiger partial charge in [-0.2, -0.15) is 0 Å². The molecule has 1 aliphatic rings. The van der Waals surface area contributed by atoms with E-state index in [0.717, 1.165) is 13.0 Å². The van der Waals surface area contributed by atoms with Gasteiger partial charge in [0.15, 0.2) is 0 Å². The van der Waals surface area contributed by atoms with Crippen molar-refractivity contribution in [3.63, 3.8) is 0 Å². The molecule has 2 amide bonds. The number of urea groups is 1. The highest BCUT2D eigenvalue weighted by molar-refractivity contribution is 5.73. The van der Waals surface area contributed by atoms with Crippen molar-refractivity contribution in [1.82, 2.24) is 15.5 Å². The number of hydrogen-bond acceptors (Lipinski definition) is 3. The molecule has 1 fully saturated rings. The second kappa shape index (κ2) is 7.92. The van der Waals surface area contributed by atoms with Crippen molar-refractivity contribution < 1.29 is 14.7 Å². The zero-order chi connectivity index (χ0) is 13.4. The van der Waals surface area contributed by atoms with E-state index >= 15 is 0 Å². The van der Waals surface area contributed by atoms with Crippen LogP contribution >= 0.6 is 0 Å². The van der Waals surface area contributed by atoms with Gasteiger partial charge in [-0.1, -0.05) is 0 Å². The molecule has 0 radical (unpaired) electrons. The summed E-state index contributed by atoms with van der Waals surface area (Å²) < 4.78 is 0. The summed E-state index contributed by atoms with van der Waals surface area (Å²) in [6.45, 7) is 2.06. The van der Waals surface area contributed by atoms with Crippen molar-refractivity contribution in [3.05, 3.63) is 0 Å². The summed E-state index contributed by atoms with van der Waals surface area (Å²) in [5.74, 6) is -0.824. The van der Waals surface area contributed by atoms with Crippen molar-refractivity contribution in [2.24, 2.45) is 0 Å². The Balaban J connectivity index is 1.94. The lowest BCUT2D eigenvalue weighted by Crippen LogP contribution is -2.39. The molecule has 0 saturated heterocycles. The third kappa shape index (κ3) is 7.11. The number of carboxylic acid groups (broad SMARTS) is 1. The van der Waals surface area contributed by atoms with Crippen LogP contribution in [0.15, 0.2) is 0 Å². The van der Waals surface area contributed by atoms with Crippen molar-refractivity contribution in [3.8, 4) is 0 Å². The Morgan fingerprint density at radius 3 is 2.61 bits per heavy atom. The van der Waals surface area contributed by atoms with Crippen LogP contribution in [0.25, 0.3) is 0 Å². The van der Waals surface area contributed by atoms with Crippen LogP contribution in [-0.4, -0.2) is 54.7 Å². The minimum absolute atomic E-state index is 0.100. The Bertz CT molecular complexity index is 280. The van der Waals surface area contributed by atoms with Gasteiger partial charge in [0.1, 0.15) is 0 Å². The Kier molecular flexibility index (Phi) is 6.49. The maximum Gasteiger partial charge on any atom is 0.317 e. The maximum absolute atomic E-state index is 11.6. The number of carboxylic acids is 1. The van der Waals surface area contributed by atoms with Gasteiger partial charge in [0.05, 0.1) is 0 Å². The van der Waals surface area contributed by atoms with E-state index in [1.807, 2.05) is 0 Å². The summed E-state index contributed by atoms with van der Waals surface area (Å²) in [5.41, 5.74) is 0. The van der Waals surface area contributed by atoms with Crippen LogP contribution < -0.4 is 10.6 Å². The zero-order valence-electron chi connectivity index (χ0n) is 10.9. The van der Waals surface area contributed by atoms with Crippen LogP contribution in [0.4, 0.5) is 4.79 Å². The molecular weight excluding hydrogens is 234 g/mol. The molecule has 1 saturated carbocycles. The minimum atomic E-state index is -0.824.